The number of hydrogen-bond donors (Lipinski definition) is 2. The lowest BCUT2D eigenvalue weighted by Gasteiger charge is -2.14. The highest BCUT2D eigenvalue weighted by Gasteiger charge is 2.14. The number of carbonyl (C=O) groups is 2. The van der Waals surface area contributed by atoms with Gasteiger partial charge in [-0.1, -0.05) is 32.0 Å². The molecular weight excluding hydrogens is 326 g/mol. The summed E-state index contributed by atoms with van der Waals surface area (Å²) in [6.07, 6.45) is 1.09. The smallest absolute Gasteiger partial charge is 0.233 e. The largest absolute Gasteiger partial charge is 0.326 e. The lowest BCUT2D eigenvalue weighted by atomic mass is 10.0. The maximum Gasteiger partial charge on any atom is 0.233 e. The molecule has 6 heteroatoms. The van der Waals surface area contributed by atoms with E-state index in [0.29, 0.717) is 0 Å². The highest BCUT2D eigenvalue weighted by atomic mass is 19.2. The number of aryl methyl sites for hydroxylation is 2. The summed E-state index contributed by atoms with van der Waals surface area (Å²) in [5, 5.41) is 5.16. The van der Waals surface area contributed by atoms with Crippen molar-refractivity contribution in [3.8, 4) is 0 Å². The molecule has 0 aliphatic carbocycles. The summed E-state index contributed by atoms with van der Waals surface area (Å²) < 4.78 is 26.0. The molecule has 0 bridgehead atoms. The summed E-state index contributed by atoms with van der Waals surface area (Å²) in [7, 11) is 0. The second kappa shape index (κ2) is 8.37. The van der Waals surface area contributed by atoms with Gasteiger partial charge in [-0.15, -0.1) is 0 Å². The van der Waals surface area contributed by atoms with Crippen molar-refractivity contribution in [3.63, 3.8) is 0 Å². The number of hydrogen-bond acceptors (Lipinski definition) is 2. The minimum absolute atomic E-state index is 0.0971. The summed E-state index contributed by atoms with van der Waals surface area (Å²) in [5.74, 6) is -3.13. The Hall–Kier alpha value is -2.76. The molecule has 4 nitrogen and oxygen atoms in total. The van der Waals surface area contributed by atoms with E-state index in [1.807, 2.05) is 32.0 Å². The molecular formula is C19H20F2N2O2. The maximum atomic E-state index is 13.1. The van der Waals surface area contributed by atoms with Gasteiger partial charge in [0, 0.05) is 17.4 Å². The Kier molecular flexibility index (Phi) is 6.22. The average Bonchev–Trinajstić information content (AvgIpc) is 2.58. The molecule has 2 amide bonds. The van der Waals surface area contributed by atoms with E-state index < -0.39 is 29.9 Å². The van der Waals surface area contributed by atoms with Crippen LogP contribution in [-0.2, 0) is 22.4 Å². The van der Waals surface area contributed by atoms with Crippen LogP contribution in [0.3, 0.4) is 0 Å². The Balaban J connectivity index is 2.02. The molecule has 2 aromatic rings. The van der Waals surface area contributed by atoms with Crippen LogP contribution < -0.4 is 10.6 Å². The zero-order chi connectivity index (χ0) is 18.4. The third kappa shape index (κ3) is 4.86. The molecule has 0 aromatic heterocycles. The Morgan fingerprint density at radius 3 is 2.04 bits per heavy atom. The molecule has 0 saturated heterocycles. The predicted octanol–water partition coefficient (Wildman–Crippen LogP) is 4.06. The second-order valence-electron chi connectivity index (χ2n) is 5.56. The number of benzene rings is 2. The lowest BCUT2D eigenvalue weighted by molar-refractivity contribution is -0.123. The first-order valence-electron chi connectivity index (χ1n) is 8.10. The van der Waals surface area contributed by atoms with Crippen LogP contribution in [0, 0.1) is 11.6 Å². The molecule has 2 N–H and O–H groups in total. The summed E-state index contributed by atoms with van der Waals surface area (Å²) in [5.41, 5.74) is 2.82. The molecule has 0 saturated carbocycles. The Morgan fingerprint density at radius 2 is 1.48 bits per heavy atom. The highest BCUT2D eigenvalue weighted by Crippen LogP contribution is 2.22. The van der Waals surface area contributed by atoms with Gasteiger partial charge < -0.3 is 10.6 Å². The zero-order valence-electron chi connectivity index (χ0n) is 14.2. The number of rotatable bonds is 6. The van der Waals surface area contributed by atoms with E-state index in [4.69, 9.17) is 0 Å². The fourth-order valence-corrected chi connectivity index (χ4v) is 2.51. The third-order valence-electron chi connectivity index (χ3n) is 3.79. The zero-order valence-corrected chi connectivity index (χ0v) is 14.2. The first kappa shape index (κ1) is 18.6. The van der Waals surface area contributed by atoms with Crippen LogP contribution in [-0.4, -0.2) is 11.8 Å². The van der Waals surface area contributed by atoms with E-state index in [-0.39, 0.29) is 5.69 Å². The summed E-state index contributed by atoms with van der Waals surface area (Å²) in [6, 6.07) is 8.80. The van der Waals surface area contributed by atoms with Gasteiger partial charge in [-0.3, -0.25) is 9.59 Å². The first-order valence-corrected chi connectivity index (χ1v) is 8.10. The normalized spacial score (nSPS) is 10.4. The van der Waals surface area contributed by atoms with E-state index in [1.165, 1.54) is 6.07 Å². The molecule has 0 fully saturated rings. The minimum atomic E-state index is -1.06. The number of carbonyl (C=O) groups excluding carboxylic acids is 2. The third-order valence-corrected chi connectivity index (χ3v) is 3.79. The predicted molar refractivity (Wildman–Crippen MR) is 93.4 cm³/mol. The van der Waals surface area contributed by atoms with E-state index in [1.54, 1.807) is 0 Å². The van der Waals surface area contributed by atoms with Crippen LogP contribution in [0.25, 0.3) is 0 Å². The summed E-state index contributed by atoms with van der Waals surface area (Å²) in [6.45, 7) is 3.97. The first-order chi connectivity index (χ1) is 11.9. The monoisotopic (exact) mass is 346 g/mol. The molecule has 0 unspecified atom stereocenters. The van der Waals surface area contributed by atoms with Crippen LogP contribution >= 0.6 is 0 Å². The molecule has 0 spiro atoms. The topological polar surface area (TPSA) is 58.2 Å². The van der Waals surface area contributed by atoms with Gasteiger partial charge in [0.2, 0.25) is 11.8 Å². The van der Waals surface area contributed by atoms with Crippen molar-refractivity contribution in [1.29, 1.82) is 0 Å². The molecule has 0 heterocycles. The molecule has 0 aliphatic rings. The SMILES string of the molecule is CCc1cccc(CC)c1NC(=O)CC(=O)Nc1ccc(F)c(F)c1. The Labute approximate surface area is 145 Å². The van der Waals surface area contributed by atoms with Gasteiger partial charge in [0.1, 0.15) is 6.42 Å². The molecule has 25 heavy (non-hydrogen) atoms. The molecule has 132 valence electrons. The van der Waals surface area contributed by atoms with Gasteiger partial charge in [0.25, 0.3) is 0 Å². The van der Waals surface area contributed by atoms with Gasteiger partial charge in [-0.2, -0.15) is 0 Å². The Morgan fingerprint density at radius 1 is 0.880 bits per heavy atom. The van der Waals surface area contributed by atoms with E-state index in [0.717, 1.165) is 41.8 Å². The second-order valence-corrected chi connectivity index (χ2v) is 5.56. The van der Waals surface area contributed by atoms with Crippen molar-refractivity contribution in [2.45, 2.75) is 33.1 Å². The van der Waals surface area contributed by atoms with Crippen molar-refractivity contribution in [2.24, 2.45) is 0 Å². The number of amides is 2. The molecule has 2 rings (SSSR count). The van der Waals surface area contributed by atoms with Crippen LogP contribution in [0.1, 0.15) is 31.4 Å². The van der Waals surface area contributed by atoms with Crippen molar-refractivity contribution in [2.75, 3.05) is 10.6 Å². The molecule has 0 aliphatic heterocycles. The van der Waals surface area contributed by atoms with Crippen molar-refractivity contribution < 1.29 is 18.4 Å². The quantitative estimate of drug-likeness (QED) is 0.775. The fraction of sp³-hybridized carbons (Fsp3) is 0.263. The van der Waals surface area contributed by atoms with Crippen molar-refractivity contribution in [3.05, 3.63) is 59.2 Å². The highest BCUT2D eigenvalue weighted by molar-refractivity contribution is 6.08. The number of anilines is 2. The van der Waals surface area contributed by atoms with Crippen molar-refractivity contribution in [1.82, 2.24) is 0 Å². The lowest BCUT2D eigenvalue weighted by Crippen LogP contribution is -2.22. The molecule has 0 atom stereocenters. The molecule has 2 aromatic carbocycles. The van der Waals surface area contributed by atoms with Crippen LogP contribution in [0.15, 0.2) is 36.4 Å². The number of para-hydroxylation sites is 1. The van der Waals surface area contributed by atoms with Crippen LogP contribution in [0.5, 0.6) is 0 Å². The number of nitrogens with one attached hydrogen (secondary N) is 2. The van der Waals surface area contributed by atoms with E-state index >= 15 is 0 Å². The van der Waals surface area contributed by atoms with E-state index in [2.05, 4.69) is 10.6 Å². The Bertz CT molecular complexity index is 769. The minimum Gasteiger partial charge on any atom is -0.326 e. The number of halogens is 2. The van der Waals surface area contributed by atoms with Gasteiger partial charge in [-0.05, 0) is 36.1 Å². The van der Waals surface area contributed by atoms with Gasteiger partial charge in [0.15, 0.2) is 11.6 Å². The van der Waals surface area contributed by atoms with Crippen molar-refractivity contribution >= 4 is 23.2 Å². The molecule has 0 radical (unpaired) electrons. The van der Waals surface area contributed by atoms with Gasteiger partial charge >= 0.3 is 0 Å². The van der Waals surface area contributed by atoms with E-state index in [9.17, 15) is 18.4 Å². The van der Waals surface area contributed by atoms with Crippen LogP contribution in [0.2, 0.25) is 0 Å². The van der Waals surface area contributed by atoms with Crippen LogP contribution in [0.4, 0.5) is 20.2 Å². The summed E-state index contributed by atoms with van der Waals surface area (Å²) in [4.78, 5) is 24.1. The fourth-order valence-electron chi connectivity index (χ4n) is 2.51. The standard InChI is InChI=1S/C19H20F2N2O2/c1-3-12-6-5-7-13(4-2)19(12)23-18(25)11-17(24)22-14-8-9-15(20)16(21)10-14/h5-10H,3-4,11H2,1-2H3,(H,22,24)(H,23,25). The maximum absolute atomic E-state index is 13.1. The van der Waals surface area contributed by atoms with Gasteiger partial charge in [0.05, 0.1) is 0 Å². The van der Waals surface area contributed by atoms with Gasteiger partial charge in [-0.25, -0.2) is 8.78 Å². The summed E-state index contributed by atoms with van der Waals surface area (Å²) >= 11 is 0. The average molecular weight is 346 g/mol.